The monoisotopic (exact) mass is 75.0 g/mol. The summed E-state index contributed by atoms with van der Waals surface area (Å²) >= 11 is 0. The Morgan fingerprint density at radius 3 is 2.00 bits per heavy atom. The number of nitrogens with one attached hydrogen (secondary N) is 1. The van der Waals surface area contributed by atoms with Crippen molar-refractivity contribution in [2.45, 2.75) is 0 Å². The minimum atomic E-state index is 0.667. The second-order valence-electron chi connectivity index (χ2n) is 0.780. The van der Waals surface area contributed by atoms with Gasteiger partial charge < -0.3 is 0 Å². The molecule has 5 heavy (non-hydrogen) atoms. The number of rotatable bonds is 0. The van der Waals surface area contributed by atoms with E-state index in [0.717, 1.165) is 0 Å². The predicted molar refractivity (Wildman–Crippen MR) is 15.0 cm³/mol. The summed E-state index contributed by atoms with van der Waals surface area (Å²) in [5.41, 5.74) is 2.22. The Labute approximate surface area is 29.8 Å². The van der Waals surface area contributed by atoms with Gasteiger partial charge in [-0.1, -0.05) is 5.64 Å². The van der Waals surface area contributed by atoms with Gasteiger partial charge in [0, 0.05) is 0 Å². The first-order valence-electron chi connectivity index (χ1n) is 1.49. The van der Waals surface area contributed by atoms with Crippen LogP contribution in [0, 0.1) is 0 Å². The maximum absolute atomic E-state index is 4.47. The molecule has 0 aromatic heterocycles. The van der Waals surface area contributed by atoms with Gasteiger partial charge in [-0.25, -0.2) is 0 Å². The van der Waals surface area contributed by atoms with E-state index in [-0.39, 0.29) is 0 Å². The van der Waals surface area contributed by atoms with E-state index in [1.807, 2.05) is 0 Å². The predicted octanol–water partition coefficient (Wildman–Crippen LogP) is -0.547. The third kappa shape index (κ3) is 0.576. The Kier molecular flexibility index (Phi) is 0.834. The van der Waals surface area contributed by atoms with Gasteiger partial charge in [0.2, 0.25) is 0 Å². The second kappa shape index (κ2) is 1.35. The van der Waals surface area contributed by atoms with Crippen LogP contribution in [-0.2, 0) is 9.68 Å². The molecule has 0 amide bonds. The van der Waals surface area contributed by atoms with Gasteiger partial charge in [-0.3, -0.25) is 9.68 Å². The summed E-state index contributed by atoms with van der Waals surface area (Å²) in [6.07, 6.45) is 0. The molecule has 1 aliphatic rings. The number of hydrogen-bond acceptors (Lipinski definition) is 3. The lowest BCUT2D eigenvalue weighted by atomic mass is 10.8. The van der Waals surface area contributed by atoms with E-state index < -0.39 is 0 Å². The fourth-order valence-corrected chi connectivity index (χ4v) is 0.208. The minimum Gasteiger partial charge on any atom is -0.274 e. The molecule has 0 atom stereocenters. The van der Waals surface area contributed by atoms with Crippen molar-refractivity contribution < 1.29 is 9.68 Å². The highest BCUT2D eigenvalue weighted by atomic mass is 16.9. The second-order valence-corrected chi connectivity index (χ2v) is 0.780. The normalized spacial score (nSPS) is 24.0. The Morgan fingerprint density at radius 1 is 1.20 bits per heavy atom. The lowest BCUT2D eigenvalue weighted by molar-refractivity contribution is -0.0682. The summed E-state index contributed by atoms with van der Waals surface area (Å²) < 4.78 is 0. The maximum atomic E-state index is 4.47. The zero-order valence-corrected chi connectivity index (χ0v) is 2.73. The molecule has 1 heterocycles. The Bertz CT molecular complexity index is 19.2. The van der Waals surface area contributed by atoms with E-state index in [2.05, 4.69) is 15.3 Å². The van der Waals surface area contributed by atoms with E-state index in [0.29, 0.717) is 13.2 Å². The minimum absolute atomic E-state index is 0.667. The van der Waals surface area contributed by atoms with Gasteiger partial charge in [0.15, 0.2) is 0 Å². The van der Waals surface area contributed by atoms with Crippen molar-refractivity contribution in [2.75, 3.05) is 13.2 Å². The van der Waals surface area contributed by atoms with E-state index in [1.54, 1.807) is 0 Å². The van der Waals surface area contributed by atoms with E-state index in [1.165, 1.54) is 0 Å². The Balaban J connectivity index is 2.08. The van der Waals surface area contributed by atoms with E-state index in [9.17, 15) is 0 Å². The van der Waals surface area contributed by atoms with Gasteiger partial charge in [-0.05, 0) is 0 Å². The van der Waals surface area contributed by atoms with Crippen LogP contribution in [0.1, 0.15) is 0 Å². The van der Waals surface area contributed by atoms with Crippen molar-refractivity contribution in [3.63, 3.8) is 0 Å². The quantitative estimate of drug-likeness (QED) is 0.419. The van der Waals surface area contributed by atoms with Crippen LogP contribution in [0.15, 0.2) is 0 Å². The largest absolute Gasteiger partial charge is 0.274 e. The molecule has 1 rings (SSSR count). The van der Waals surface area contributed by atoms with Gasteiger partial charge >= 0.3 is 0 Å². The Morgan fingerprint density at radius 2 is 1.80 bits per heavy atom. The molecule has 3 heteroatoms. The average molecular weight is 75.1 g/mol. The fraction of sp³-hybridized carbons (Fsp3) is 1.00. The van der Waals surface area contributed by atoms with Crippen molar-refractivity contribution in [2.24, 2.45) is 0 Å². The molecule has 1 fully saturated rings. The molecule has 0 saturated carbocycles. The lowest BCUT2D eigenvalue weighted by Crippen LogP contribution is -1.99. The fourth-order valence-electron chi connectivity index (χ4n) is 0.208. The summed E-state index contributed by atoms with van der Waals surface area (Å²) in [6.45, 7) is 1.33. The molecule has 0 unspecified atom stereocenters. The molecule has 1 saturated heterocycles. The van der Waals surface area contributed by atoms with Gasteiger partial charge in [0.25, 0.3) is 0 Å². The van der Waals surface area contributed by atoms with Crippen molar-refractivity contribution >= 4 is 0 Å². The van der Waals surface area contributed by atoms with Crippen LogP contribution in [0.5, 0.6) is 0 Å². The molecule has 1 N–H and O–H groups in total. The van der Waals surface area contributed by atoms with Crippen LogP contribution in [0.25, 0.3) is 0 Å². The van der Waals surface area contributed by atoms with Crippen molar-refractivity contribution in [1.82, 2.24) is 5.64 Å². The summed E-state index contributed by atoms with van der Waals surface area (Å²) in [7, 11) is 0. The molecule has 0 aromatic carbocycles. The van der Waals surface area contributed by atoms with Crippen LogP contribution in [0.3, 0.4) is 0 Å². The highest BCUT2D eigenvalue weighted by Crippen LogP contribution is 1.77. The molecule has 0 spiro atoms. The molecule has 0 radical (unpaired) electrons. The van der Waals surface area contributed by atoms with Gasteiger partial charge in [0.1, 0.15) is 0 Å². The summed E-state index contributed by atoms with van der Waals surface area (Å²) in [4.78, 5) is 8.94. The van der Waals surface area contributed by atoms with Crippen molar-refractivity contribution in [1.29, 1.82) is 0 Å². The highest BCUT2D eigenvalue weighted by Gasteiger charge is 1.93. The number of hydrogen-bond donors (Lipinski definition) is 1. The first-order valence-corrected chi connectivity index (χ1v) is 1.49. The van der Waals surface area contributed by atoms with Crippen molar-refractivity contribution in [3.8, 4) is 0 Å². The molecular weight excluding hydrogens is 70.0 g/mol. The zero-order valence-electron chi connectivity index (χ0n) is 2.73. The standard InChI is InChI=1S/C2H5NO2/c1-2-5-3-4-1/h3H,1-2H2. The zero-order chi connectivity index (χ0) is 3.54. The van der Waals surface area contributed by atoms with Crippen molar-refractivity contribution in [3.05, 3.63) is 0 Å². The van der Waals surface area contributed by atoms with Crippen LogP contribution in [0.4, 0.5) is 0 Å². The topological polar surface area (TPSA) is 30.5 Å². The first kappa shape index (κ1) is 3.08. The molecular formula is C2H5NO2. The third-order valence-electron chi connectivity index (χ3n) is 0.405. The van der Waals surface area contributed by atoms with Gasteiger partial charge in [-0.15, -0.1) is 0 Å². The average Bonchev–Trinajstić information content (AvgIpc) is 1.76. The van der Waals surface area contributed by atoms with E-state index >= 15 is 0 Å². The molecule has 3 nitrogen and oxygen atoms in total. The third-order valence-corrected chi connectivity index (χ3v) is 0.405. The summed E-state index contributed by atoms with van der Waals surface area (Å²) in [5.74, 6) is 0. The molecule has 0 bridgehead atoms. The smallest absolute Gasteiger partial charge is 0.0964 e. The first-order chi connectivity index (χ1) is 2.50. The maximum Gasteiger partial charge on any atom is 0.0964 e. The van der Waals surface area contributed by atoms with E-state index in [4.69, 9.17) is 0 Å². The summed E-state index contributed by atoms with van der Waals surface area (Å²) in [6, 6.07) is 0. The molecule has 30 valence electrons. The SMILES string of the molecule is C1CONO1. The van der Waals surface area contributed by atoms with Crippen LogP contribution >= 0.6 is 0 Å². The van der Waals surface area contributed by atoms with Gasteiger partial charge in [0.05, 0.1) is 13.2 Å². The Hall–Kier alpha value is -0.120. The van der Waals surface area contributed by atoms with Crippen LogP contribution < -0.4 is 5.64 Å². The molecule has 0 aromatic rings. The van der Waals surface area contributed by atoms with Crippen LogP contribution in [0.2, 0.25) is 0 Å². The molecule has 1 aliphatic heterocycles. The summed E-state index contributed by atoms with van der Waals surface area (Å²) in [5, 5.41) is 0. The highest BCUT2D eigenvalue weighted by molar-refractivity contribution is 4.22. The van der Waals surface area contributed by atoms with Crippen LogP contribution in [-0.4, -0.2) is 13.2 Å². The lowest BCUT2D eigenvalue weighted by Gasteiger charge is -1.79. The van der Waals surface area contributed by atoms with Gasteiger partial charge in [-0.2, -0.15) is 0 Å². The molecule has 0 aliphatic carbocycles.